The second-order valence-corrected chi connectivity index (χ2v) is 4.18. The first-order chi connectivity index (χ1) is 8.22. The van der Waals surface area contributed by atoms with Gasteiger partial charge in [0.1, 0.15) is 0 Å². The molecule has 3 N–H and O–H groups in total. The van der Waals surface area contributed by atoms with Crippen LogP contribution in [-0.2, 0) is 18.3 Å². The molecule has 0 radical (unpaired) electrons. The lowest BCUT2D eigenvalue weighted by Gasteiger charge is -2.03. The highest BCUT2D eigenvalue weighted by Crippen LogP contribution is 1.98. The Bertz CT molecular complexity index is 335. The summed E-state index contributed by atoms with van der Waals surface area (Å²) in [5, 5.41) is 7.14. The van der Waals surface area contributed by atoms with E-state index in [-0.39, 0.29) is 5.91 Å². The molecule has 1 amide bonds. The van der Waals surface area contributed by atoms with Gasteiger partial charge in [0.05, 0.1) is 5.69 Å². The van der Waals surface area contributed by atoms with E-state index in [1.807, 2.05) is 19.3 Å². The Morgan fingerprint density at radius 2 is 2.29 bits per heavy atom. The Kier molecular flexibility index (Phi) is 6.32. The molecule has 0 aromatic carbocycles. The fraction of sp³-hybridized carbons (Fsp3) is 0.667. The molecule has 1 heterocycles. The molecule has 5 heteroatoms. The average molecular weight is 238 g/mol. The van der Waals surface area contributed by atoms with Crippen LogP contribution < -0.4 is 11.1 Å². The van der Waals surface area contributed by atoms with Crippen LogP contribution in [0.3, 0.4) is 0 Å². The Labute approximate surface area is 102 Å². The first-order valence-corrected chi connectivity index (χ1v) is 6.17. The van der Waals surface area contributed by atoms with Crippen LogP contribution in [0.2, 0.25) is 0 Å². The predicted molar refractivity (Wildman–Crippen MR) is 67.4 cm³/mol. The van der Waals surface area contributed by atoms with E-state index >= 15 is 0 Å². The van der Waals surface area contributed by atoms with Crippen LogP contribution in [-0.4, -0.2) is 28.8 Å². The van der Waals surface area contributed by atoms with E-state index in [2.05, 4.69) is 10.4 Å². The molecule has 17 heavy (non-hydrogen) atoms. The third kappa shape index (κ3) is 6.06. The molecule has 5 nitrogen and oxygen atoms in total. The number of nitrogens with two attached hydrogens (primary N) is 1. The summed E-state index contributed by atoms with van der Waals surface area (Å²) in [4.78, 5) is 11.4. The lowest BCUT2D eigenvalue weighted by Crippen LogP contribution is -2.25. The van der Waals surface area contributed by atoms with Gasteiger partial charge in [-0.25, -0.2) is 0 Å². The second-order valence-electron chi connectivity index (χ2n) is 4.18. The zero-order chi connectivity index (χ0) is 12.5. The van der Waals surface area contributed by atoms with Gasteiger partial charge in [-0.3, -0.25) is 9.48 Å². The number of aromatic nitrogens is 2. The number of nitrogens with one attached hydrogen (secondary N) is 1. The number of hydrogen-bond acceptors (Lipinski definition) is 3. The highest BCUT2D eigenvalue weighted by molar-refractivity contribution is 5.75. The van der Waals surface area contributed by atoms with Crippen molar-refractivity contribution in [3.63, 3.8) is 0 Å². The van der Waals surface area contributed by atoms with E-state index in [1.54, 1.807) is 4.68 Å². The third-order valence-corrected chi connectivity index (χ3v) is 2.58. The molecule has 1 aromatic rings. The van der Waals surface area contributed by atoms with Gasteiger partial charge >= 0.3 is 0 Å². The summed E-state index contributed by atoms with van der Waals surface area (Å²) in [6.45, 7) is 1.37. The quantitative estimate of drug-likeness (QED) is 0.651. The topological polar surface area (TPSA) is 72.9 Å². The molecule has 0 aliphatic rings. The van der Waals surface area contributed by atoms with Crippen LogP contribution in [0.4, 0.5) is 0 Å². The molecule has 0 spiro atoms. The van der Waals surface area contributed by atoms with Crippen molar-refractivity contribution in [1.82, 2.24) is 15.1 Å². The van der Waals surface area contributed by atoms with Crippen LogP contribution in [0, 0.1) is 0 Å². The normalized spacial score (nSPS) is 10.5. The fourth-order valence-corrected chi connectivity index (χ4v) is 1.62. The summed E-state index contributed by atoms with van der Waals surface area (Å²) in [7, 11) is 1.89. The number of carbonyl (C=O) groups is 1. The summed E-state index contributed by atoms with van der Waals surface area (Å²) in [6.07, 6.45) is 6.25. The van der Waals surface area contributed by atoms with Crippen molar-refractivity contribution in [2.45, 2.75) is 32.1 Å². The Morgan fingerprint density at radius 3 is 2.94 bits per heavy atom. The van der Waals surface area contributed by atoms with E-state index in [9.17, 15) is 4.79 Å². The maximum atomic E-state index is 11.4. The van der Waals surface area contributed by atoms with E-state index in [4.69, 9.17) is 5.73 Å². The van der Waals surface area contributed by atoms with Crippen molar-refractivity contribution in [1.29, 1.82) is 0 Å². The number of carbonyl (C=O) groups excluding carboxylic acids is 1. The van der Waals surface area contributed by atoms with Crippen LogP contribution >= 0.6 is 0 Å². The molecule has 0 bridgehead atoms. The number of aryl methyl sites for hydroxylation is 1. The minimum absolute atomic E-state index is 0.123. The van der Waals surface area contributed by atoms with Crippen molar-refractivity contribution < 1.29 is 4.79 Å². The molecule has 1 rings (SSSR count). The van der Waals surface area contributed by atoms with Gasteiger partial charge < -0.3 is 11.1 Å². The van der Waals surface area contributed by atoms with Crippen LogP contribution in [0.1, 0.15) is 31.4 Å². The molecule has 96 valence electrons. The Hall–Kier alpha value is -1.36. The second kappa shape index (κ2) is 7.84. The lowest BCUT2D eigenvalue weighted by molar-refractivity contribution is -0.121. The summed E-state index contributed by atoms with van der Waals surface area (Å²) in [5.74, 6) is 0.123. The molecule has 0 atom stereocenters. The number of amides is 1. The van der Waals surface area contributed by atoms with Crippen molar-refractivity contribution in [3.05, 3.63) is 18.0 Å². The summed E-state index contributed by atoms with van der Waals surface area (Å²) in [5.41, 5.74) is 6.39. The predicted octanol–water partition coefficient (Wildman–Crippen LogP) is 0.598. The maximum absolute atomic E-state index is 11.4. The van der Waals surface area contributed by atoms with Crippen molar-refractivity contribution >= 4 is 5.91 Å². The van der Waals surface area contributed by atoms with Crippen LogP contribution in [0.5, 0.6) is 0 Å². The first-order valence-electron chi connectivity index (χ1n) is 6.17. The molecule has 0 aliphatic heterocycles. The molecular weight excluding hydrogens is 216 g/mol. The number of rotatable bonds is 8. The molecule has 0 saturated heterocycles. The SMILES string of the molecule is Cn1ccc(CCNC(=O)CCCCCN)n1. The minimum atomic E-state index is 0.123. The highest BCUT2D eigenvalue weighted by atomic mass is 16.1. The number of hydrogen-bond donors (Lipinski definition) is 2. The maximum Gasteiger partial charge on any atom is 0.220 e. The van der Waals surface area contributed by atoms with Crippen molar-refractivity contribution in [2.24, 2.45) is 12.8 Å². The highest BCUT2D eigenvalue weighted by Gasteiger charge is 2.01. The van der Waals surface area contributed by atoms with Crippen molar-refractivity contribution in [2.75, 3.05) is 13.1 Å². The van der Waals surface area contributed by atoms with E-state index in [0.29, 0.717) is 19.5 Å². The zero-order valence-electron chi connectivity index (χ0n) is 10.5. The number of unbranched alkanes of at least 4 members (excludes halogenated alkanes) is 2. The van der Waals surface area contributed by atoms with E-state index < -0.39 is 0 Å². The fourth-order valence-electron chi connectivity index (χ4n) is 1.62. The lowest BCUT2D eigenvalue weighted by atomic mass is 10.2. The van der Waals surface area contributed by atoms with Gasteiger partial charge in [-0.2, -0.15) is 5.10 Å². The molecular formula is C12H22N4O. The smallest absolute Gasteiger partial charge is 0.220 e. The first kappa shape index (κ1) is 13.7. The van der Waals surface area contributed by atoms with E-state index in [0.717, 1.165) is 31.4 Å². The van der Waals surface area contributed by atoms with Crippen LogP contribution in [0.25, 0.3) is 0 Å². The molecule has 0 saturated carbocycles. The third-order valence-electron chi connectivity index (χ3n) is 2.58. The van der Waals surface area contributed by atoms with Gasteiger partial charge in [0.25, 0.3) is 0 Å². The average Bonchev–Trinajstić information content (AvgIpc) is 2.71. The number of nitrogens with zero attached hydrogens (tertiary/aromatic N) is 2. The van der Waals surface area contributed by atoms with E-state index in [1.165, 1.54) is 0 Å². The van der Waals surface area contributed by atoms with Gasteiger partial charge in [-0.1, -0.05) is 6.42 Å². The Balaban J connectivity index is 2.04. The van der Waals surface area contributed by atoms with Gasteiger partial charge in [0.15, 0.2) is 0 Å². The summed E-state index contributed by atoms with van der Waals surface area (Å²) < 4.78 is 1.77. The summed E-state index contributed by atoms with van der Waals surface area (Å²) in [6, 6.07) is 1.97. The monoisotopic (exact) mass is 238 g/mol. The Morgan fingerprint density at radius 1 is 1.47 bits per heavy atom. The van der Waals surface area contributed by atoms with Gasteiger partial charge in [-0.15, -0.1) is 0 Å². The molecule has 0 unspecified atom stereocenters. The zero-order valence-corrected chi connectivity index (χ0v) is 10.5. The van der Waals surface area contributed by atoms with Crippen LogP contribution in [0.15, 0.2) is 12.3 Å². The van der Waals surface area contributed by atoms with Gasteiger partial charge in [0, 0.05) is 32.6 Å². The molecule has 0 aliphatic carbocycles. The van der Waals surface area contributed by atoms with Crippen molar-refractivity contribution in [3.8, 4) is 0 Å². The molecule has 1 aromatic heterocycles. The molecule has 0 fully saturated rings. The summed E-state index contributed by atoms with van der Waals surface area (Å²) >= 11 is 0. The van der Waals surface area contributed by atoms with Gasteiger partial charge in [-0.05, 0) is 25.5 Å². The largest absolute Gasteiger partial charge is 0.356 e. The van der Waals surface area contributed by atoms with Gasteiger partial charge in [0.2, 0.25) is 5.91 Å². The standard InChI is InChI=1S/C12H22N4O/c1-16-10-7-11(15-16)6-9-14-12(17)5-3-2-4-8-13/h7,10H,2-6,8-9,13H2,1H3,(H,14,17). The minimum Gasteiger partial charge on any atom is -0.356 e.